The Morgan fingerprint density at radius 1 is 1.10 bits per heavy atom. The largest absolute Gasteiger partial charge is 0.478 e. The highest BCUT2D eigenvalue weighted by Gasteiger charge is 2.22. The summed E-state index contributed by atoms with van der Waals surface area (Å²) in [4.78, 5) is 32.8. The van der Waals surface area contributed by atoms with Gasteiger partial charge >= 0.3 is 5.97 Å². The molecule has 1 aliphatic heterocycles. The highest BCUT2D eigenvalue weighted by molar-refractivity contribution is 5.94. The number of amides is 1. The Morgan fingerprint density at radius 3 is 2.57 bits per heavy atom. The van der Waals surface area contributed by atoms with E-state index in [9.17, 15) is 9.59 Å². The Bertz CT molecular complexity index is 701. The number of hydrogen-bond donors (Lipinski definition) is 1. The first-order valence-corrected chi connectivity index (χ1v) is 6.54. The van der Waals surface area contributed by atoms with E-state index in [-0.39, 0.29) is 11.5 Å². The molecule has 0 saturated heterocycles. The average Bonchev–Trinajstić information content (AvgIpc) is 2.54. The average molecular weight is 283 g/mol. The molecule has 6 heteroatoms. The number of carboxylic acids is 1. The van der Waals surface area contributed by atoms with Crippen LogP contribution in [-0.4, -0.2) is 38.4 Å². The molecule has 3 rings (SSSR count). The Morgan fingerprint density at radius 2 is 1.86 bits per heavy atom. The first kappa shape index (κ1) is 13.2. The van der Waals surface area contributed by atoms with Crippen molar-refractivity contribution in [1.82, 2.24) is 14.9 Å². The highest BCUT2D eigenvalue weighted by atomic mass is 16.4. The van der Waals surface area contributed by atoms with Gasteiger partial charge in [-0.05, 0) is 29.7 Å². The van der Waals surface area contributed by atoms with Crippen molar-refractivity contribution in [3.05, 3.63) is 59.2 Å². The van der Waals surface area contributed by atoms with Crippen LogP contribution in [0.3, 0.4) is 0 Å². The number of nitrogens with zero attached hydrogens (tertiary/aromatic N) is 3. The smallest absolute Gasteiger partial charge is 0.335 e. The summed E-state index contributed by atoms with van der Waals surface area (Å²) in [7, 11) is 0. The zero-order valence-electron chi connectivity index (χ0n) is 11.2. The molecule has 1 N–H and O–H groups in total. The number of fused-ring (bicyclic) bond motifs is 1. The number of carbonyl (C=O) groups is 2. The monoisotopic (exact) mass is 283 g/mol. The molecule has 6 nitrogen and oxygen atoms in total. The molecule has 1 amide bonds. The molecular formula is C15H13N3O3. The standard InChI is InChI=1S/C15H13N3O3/c19-14(13-6-16-9-17-7-13)18-4-3-10-1-2-11(15(20)21)5-12(10)8-18/h1-2,5-7,9H,3-4,8H2,(H,20,21). The minimum Gasteiger partial charge on any atom is -0.478 e. The molecule has 21 heavy (non-hydrogen) atoms. The fraction of sp³-hybridized carbons (Fsp3) is 0.200. The lowest BCUT2D eigenvalue weighted by Gasteiger charge is -2.29. The number of carbonyl (C=O) groups excluding carboxylic acids is 1. The van der Waals surface area contributed by atoms with Crippen LogP contribution in [0, 0.1) is 0 Å². The van der Waals surface area contributed by atoms with Gasteiger partial charge in [0.15, 0.2) is 0 Å². The summed E-state index contributed by atoms with van der Waals surface area (Å²) in [5.74, 6) is -1.10. The number of carboxylic acid groups (broad SMARTS) is 1. The molecule has 0 radical (unpaired) electrons. The van der Waals surface area contributed by atoms with Crippen LogP contribution < -0.4 is 0 Å². The van der Waals surface area contributed by atoms with Gasteiger partial charge in [0.1, 0.15) is 6.33 Å². The van der Waals surface area contributed by atoms with Gasteiger partial charge in [-0.1, -0.05) is 6.07 Å². The zero-order valence-corrected chi connectivity index (χ0v) is 11.2. The molecule has 1 aromatic carbocycles. The number of aromatic nitrogens is 2. The minimum atomic E-state index is -0.960. The fourth-order valence-electron chi connectivity index (χ4n) is 2.46. The van der Waals surface area contributed by atoms with Crippen molar-refractivity contribution >= 4 is 11.9 Å². The van der Waals surface area contributed by atoms with Crippen molar-refractivity contribution in [2.45, 2.75) is 13.0 Å². The maximum Gasteiger partial charge on any atom is 0.335 e. The van der Waals surface area contributed by atoms with E-state index >= 15 is 0 Å². The molecule has 0 spiro atoms. The third kappa shape index (κ3) is 2.60. The van der Waals surface area contributed by atoms with E-state index < -0.39 is 5.97 Å². The Kier molecular flexibility index (Phi) is 3.35. The first-order chi connectivity index (χ1) is 10.1. The lowest BCUT2D eigenvalue weighted by atomic mass is 9.97. The first-order valence-electron chi connectivity index (χ1n) is 6.54. The van der Waals surface area contributed by atoms with Crippen molar-refractivity contribution in [1.29, 1.82) is 0 Å². The van der Waals surface area contributed by atoms with Crippen LogP contribution in [0.2, 0.25) is 0 Å². The molecule has 2 heterocycles. The maximum absolute atomic E-state index is 12.4. The molecule has 2 aromatic rings. The summed E-state index contributed by atoms with van der Waals surface area (Å²) >= 11 is 0. The molecule has 0 atom stereocenters. The third-order valence-corrected chi connectivity index (χ3v) is 3.56. The Hall–Kier alpha value is -2.76. The Balaban J connectivity index is 1.85. The normalized spacial score (nSPS) is 13.6. The zero-order chi connectivity index (χ0) is 14.8. The minimum absolute atomic E-state index is 0.137. The number of rotatable bonds is 2. The number of hydrogen-bond acceptors (Lipinski definition) is 4. The van der Waals surface area contributed by atoms with Gasteiger partial charge in [0.25, 0.3) is 5.91 Å². The van der Waals surface area contributed by atoms with Crippen LogP contribution in [0.1, 0.15) is 31.8 Å². The van der Waals surface area contributed by atoms with Crippen LogP contribution in [-0.2, 0) is 13.0 Å². The Labute approximate surface area is 121 Å². The summed E-state index contributed by atoms with van der Waals surface area (Å²) in [6.07, 6.45) is 5.06. The van der Waals surface area contributed by atoms with Gasteiger partial charge in [-0.25, -0.2) is 14.8 Å². The van der Waals surface area contributed by atoms with Gasteiger partial charge in [0.2, 0.25) is 0 Å². The van der Waals surface area contributed by atoms with Gasteiger partial charge in [-0.15, -0.1) is 0 Å². The molecule has 0 unspecified atom stereocenters. The molecule has 106 valence electrons. The topological polar surface area (TPSA) is 83.4 Å². The van der Waals surface area contributed by atoms with Gasteiger partial charge in [-0.3, -0.25) is 4.79 Å². The van der Waals surface area contributed by atoms with Gasteiger partial charge in [0, 0.05) is 25.5 Å². The van der Waals surface area contributed by atoms with E-state index in [0.29, 0.717) is 25.1 Å². The maximum atomic E-state index is 12.4. The molecule has 0 fully saturated rings. The van der Waals surface area contributed by atoms with Crippen molar-refractivity contribution in [2.75, 3.05) is 6.54 Å². The summed E-state index contributed by atoms with van der Waals surface area (Å²) in [5, 5.41) is 9.04. The van der Waals surface area contributed by atoms with Gasteiger partial charge < -0.3 is 10.0 Å². The van der Waals surface area contributed by atoms with Crippen LogP contribution in [0.5, 0.6) is 0 Å². The number of benzene rings is 1. The molecular weight excluding hydrogens is 270 g/mol. The summed E-state index contributed by atoms with van der Waals surface area (Å²) < 4.78 is 0. The second kappa shape index (κ2) is 5.32. The predicted octanol–water partition coefficient (Wildman–Crippen LogP) is 1.37. The predicted molar refractivity (Wildman–Crippen MR) is 73.9 cm³/mol. The van der Waals surface area contributed by atoms with E-state index in [1.807, 2.05) is 6.07 Å². The van der Waals surface area contributed by atoms with Gasteiger partial charge in [-0.2, -0.15) is 0 Å². The van der Waals surface area contributed by atoms with Crippen molar-refractivity contribution in [2.24, 2.45) is 0 Å². The lowest BCUT2D eigenvalue weighted by Crippen LogP contribution is -2.36. The molecule has 1 aliphatic rings. The van der Waals surface area contributed by atoms with Crippen molar-refractivity contribution < 1.29 is 14.7 Å². The van der Waals surface area contributed by atoms with E-state index in [1.54, 1.807) is 17.0 Å². The third-order valence-electron chi connectivity index (χ3n) is 3.56. The van der Waals surface area contributed by atoms with Crippen molar-refractivity contribution in [3.8, 4) is 0 Å². The summed E-state index contributed by atoms with van der Waals surface area (Å²) in [6, 6.07) is 5.06. The second-order valence-electron chi connectivity index (χ2n) is 4.89. The van der Waals surface area contributed by atoms with E-state index in [0.717, 1.165) is 11.1 Å². The van der Waals surface area contributed by atoms with E-state index in [1.165, 1.54) is 18.7 Å². The molecule has 0 bridgehead atoms. The second-order valence-corrected chi connectivity index (χ2v) is 4.89. The van der Waals surface area contributed by atoms with E-state index in [4.69, 9.17) is 5.11 Å². The highest BCUT2D eigenvalue weighted by Crippen LogP contribution is 2.21. The van der Waals surface area contributed by atoms with Gasteiger partial charge in [0.05, 0.1) is 11.1 Å². The number of aromatic carboxylic acids is 1. The van der Waals surface area contributed by atoms with Crippen LogP contribution in [0.15, 0.2) is 36.9 Å². The van der Waals surface area contributed by atoms with Crippen LogP contribution in [0.25, 0.3) is 0 Å². The SMILES string of the molecule is O=C(O)c1ccc2c(c1)CN(C(=O)c1cncnc1)CC2. The quantitative estimate of drug-likeness (QED) is 0.900. The van der Waals surface area contributed by atoms with Crippen LogP contribution in [0.4, 0.5) is 0 Å². The fourth-order valence-corrected chi connectivity index (χ4v) is 2.46. The summed E-state index contributed by atoms with van der Waals surface area (Å²) in [5.41, 5.74) is 2.65. The van der Waals surface area contributed by atoms with Crippen LogP contribution >= 0.6 is 0 Å². The molecule has 1 aromatic heterocycles. The summed E-state index contributed by atoms with van der Waals surface area (Å²) in [6.45, 7) is 1.01. The lowest BCUT2D eigenvalue weighted by molar-refractivity contribution is 0.0696. The van der Waals surface area contributed by atoms with E-state index in [2.05, 4.69) is 9.97 Å². The van der Waals surface area contributed by atoms with Crippen molar-refractivity contribution in [3.63, 3.8) is 0 Å². The molecule has 0 aliphatic carbocycles. The molecule has 0 saturated carbocycles.